The summed E-state index contributed by atoms with van der Waals surface area (Å²) in [7, 11) is 0. The van der Waals surface area contributed by atoms with Crippen LogP contribution in [0.4, 0.5) is 0 Å². The summed E-state index contributed by atoms with van der Waals surface area (Å²) in [5.74, 6) is 0.0191. The van der Waals surface area contributed by atoms with Gasteiger partial charge in [-0.15, -0.1) is 0 Å². The Morgan fingerprint density at radius 3 is 2.50 bits per heavy atom. The molecule has 0 fully saturated rings. The van der Waals surface area contributed by atoms with Crippen molar-refractivity contribution < 1.29 is 4.79 Å². The van der Waals surface area contributed by atoms with Gasteiger partial charge < -0.3 is 5.32 Å². The first-order valence-electron chi connectivity index (χ1n) is 9.59. The number of allylic oxidation sites excluding steroid dienone is 2. The Labute approximate surface area is 165 Å². The highest BCUT2D eigenvalue weighted by Gasteiger charge is 2.18. The maximum absolute atomic E-state index is 12.8. The smallest absolute Gasteiger partial charge is 0.221 e. The fraction of sp³-hybridized carbons (Fsp3) is 0.208. The van der Waals surface area contributed by atoms with E-state index in [1.54, 1.807) is 24.8 Å². The number of benzene rings is 1. The Bertz CT molecular complexity index is 928. The van der Waals surface area contributed by atoms with E-state index in [0.717, 1.165) is 30.4 Å². The van der Waals surface area contributed by atoms with Gasteiger partial charge in [-0.05, 0) is 65.3 Å². The standard InChI is InChI=1S/C24H22N3O/c28-23(13-12-19-8-3-7-18-6-1-2-11-22(18)19)27-24(20-9-4-14-25-16-20)21-10-5-15-26-17-21/h1-2,4-5,8-11,14-17,24H,3,7,12-13H2,(H,27,28). The van der Waals surface area contributed by atoms with Crippen molar-refractivity contribution in [3.05, 3.63) is 102 Å². The molecule has 0 aliphatic heterocycles. The van der Waals surface area contributed by atoms with Crippen molar-refractivity contribution in [2.24, 2.45) is 0 Å². The zero-order chi connectivity index (χ0) is 19.2. The summed E-state index contributed by atoms with van der Waals surface area (Å²) < 4.78 is 0. The number of hydrogen-bond donors (Lipinski definition) is 1. The lowest BCUT2D eigenvalue weighted by Gasteiger charge is -2.20. The first-order valence-corrected chi connectivity index (χ1v) is 9.59. The van der Waals surface area contributed by atoms with E-state index in [9.17, 15) is 4.79 Å². The molecule has 28 heavy (non-hydrogen) atoms. The minimum absolute atomic E-state index is 0.0191. The van der Waals surface area contributed by atoms with Gasteiger partial charge in [0.15, 0.2) is 0 Å². The fourth-order valence-corrected chi connectivity index (χ4v) is 3.65. The molecular formula is C24H22N3O. The van der Waals surface area contributed by atoms with Crippen LogP contribution in [0.2, 0.25) is 0 Å². The van der Waals surface area contributed by atoms with E-state index in [4.69, 9.17) is 0 Å². The average Bonchev–Trinajstić information content (AvgIpc) is 2.77. The molecule has 1 radical (unpaired) electrons. The third-order valence-electron chi connectivity index (χ3n) is 5.04. The van der Waals surface area contributed by atoms with Gasteiger partial charge >= 0.3 is 0 Å². The zero-order valence-corrected chi connectivity index (χ0v) is 15.6. The second-order valence-electron chi connectivity index (χ2n) is 6.90. The van der Waals surface area contributed by atoms with E-state index in [-0.39, 0.29) is 11.9 Å². The first-order chi connectivity index (χ1) is 13.8. The number of fused-ring (bicyclic) bond motifs is 1. The van der Waals surface area contributed by atoms with Gasteiger partial charge in [0.2, 0.25) is 5.91 Å². The third-order valence-corrected chi connectivity index (χ3v) is 5.04. The molecular weight excluding hydrogens is 346 g/mol. The monoisotopic (exact) mass is 368 g/mol. The largest absolute Gasteiger partial charge is 0.345 e. The topological polar surface area (TPSA) is 54.9 Å². The summed E-state index contributed by atoms with van der Waals surface area (Å²) in [5, 5.41) is 3.16. The van der Waals surface area contributed by atoms with E-state index in [1.807, 2.05) is 36.4 Å². The Kier molecular flexibility index (Phi) is 5.57. The van der Waals surface area contributed by atoms with Crippen LogP contribution in [0.25, 0.3) is 5.57 Å². The molecule has 0 spiro atoms. The van der Waals surface area contributed by atoms with E-state index in [0.29, 0.717) is 6.42 Å². The minimum Gasteiger partial charge on any atom is -0.345 e. The first kappa shape index (κ1) is 18.1. The van der Waals surface area contributed by atoms with Crippen molar-refractivity contribution in [3.63, 3.8) is 0 Å². The van der Waals surface area contributed by atoms with Crippen molar-refractivity contribution in [2.45, 2.75) is 31.7 Å². The van der Waals surface area contributed by atoms with Gasteiger partial charge in [0, 0.05) is 31.2 Å². The SMILES string of the molecule is O=C(CCC1=CCCc2[c]cccc21)NC(c1cccnc1)c1cccnc1. The lowest BCUT2D eigenvalue weighted by Crippen LogP contribution is -2.29. The molecule has 1 aliphatic rings. The van der Waals surface area contributed by atoms with Gasteiger partial charge in [-0.1, -0.05) is 36.4 Å². The normalized spacial score (nSPS) is 13.0. The Balaban J connectivity index is 1.46. The zero-order valence-electron chi connectivity index (χ0n) is 15.6. The molecule has 0 bridgehead atoms. The highest BCUT2D eigenvalue weighted by Crippen LogP contribution is 2.29. The van der Waals surface area contributed by atoms with Crippen LogP contribution in [-0.4, -0.2) is 15.9 Å². The third kappa shape index (κ3) is 4.17. The van der Waals surface area contributed by atoms with Gasteiger partial charge in [-0.3, -0.25) is 14.8 Å². The predicted octanol–water partition coefficient (Wildman–Crippen LogP) is 4.29. The summed E-state index contributed by atoms with van der Waals surface area (Å²) in [5.41, 5.74) is 5.62. The van der Waals surface area contributed by atoms with Gasteiger partial charge in [-0.25, -0.2) is 0 Å². The number of nitrogens with one attached hydrogen (secondary N) is 1. The molecule has 4 rings (SSSR count). The van der Waals surface area contributed by atoms with Crippen LogP contribution < -0.4 is 5.32 Å². The molecule has 1 aliphatic carbocycles. The predicted molar refractivity (Wildman–Crippen MR) is 109 cm³/mol. The molecule has 139 valence electrons. The second-order valence-corrected chi connectivity index (χ2v) is 6.90. The van der Waals surface area contributed by atoms with Crippen LogP contribution >= 0.6 is 0 Å². The van der Waals surface area contributed by atoms with Crippen molar-refractivity contribution in [1.82, 2.24) is 15.3 Å². The summed E-state index contributed by atoms with van der Waals surface area (Å²) in [6.45, 7) is 0. The lowest BCUT2D eigenvalue weighted by molar-refractivity contribution is -0.121. The molecule has 4 nitrogen and oxygen atoms in total. The van der Waals surface area contributed by atoms with Crippen LogP contribution in [0, 0.1) is 6.07 Å². The van der Waals surface area contributed by atoms with E-state index in [2.05, 4.69) is 33.5 Å². The summed E-state index contributed by atoms with van der Waals surface area (Å²) in [6.07, 6.45) is 12.5. The molecule has 2 heterocycles. The Hall–Kier alpha value is -3.27. The maximum Gasteiger partial charge on any atom is 0.221 e. The van der Waals surface area contributed by atoms with Gasteiger partial charge in [-0.2, -0.15) is 0 Å². The van der Waals surface area contributed by atoms with Gasteiger partial charge in [0.25, 0.3) is 0 Å². The number of aromatic nitrogens is 2. The quantitative estimate of drug-likeness (QED) is 0.706. The molecule has 2 aromatic heterocycles. The lowest BCUT2D eigenvalue weighted by atomic mass is 9.88. The number of pyridine rings is 2. The molecule has 0 unspecified atom stereocenters. The molecule has 1 amide bonds. The molecule has 1 N–H and O–H groups in total. The second kappa shape index (κ2) is 8.61. The van der Waals surface area contributed by atoms with Crippen molar-refractivity contribution in [1.29, 1.82) is 0 Å². The number of nitrogens with zero attached hydrogens (tertiary/aromatic N) is 2. The number of amides is 1. The Morgan fingerprint density at radius 2 is 1.82 bits per heavy atom. The molecule has 3 aromatic rings. The Morgan fingerprint density at radius 1 is 1.07 bits per heavy atom. The van der Waals surface area contributed by atoms with Crippen LogP contribution in [0.15, 0.2) is 73.3 Å². The van der Waals surface area contributed by atoms with Crippen molar-refractivity contribution >= 4 is 11.5 Å². The molecule has 1 aromatic carbocycles. The number of hydrogen-bond acceptors (Lipinski definition) is 3. The number of carbonyl (C=O) groups is 1. The number of aryl methyl sites for hydroxylation is 1. The maximum atomic E-state index is 12.8. The summed E-state index contributed by atoms with van der Waals surface area (Å²) in [6, 6.07) is 16.9. The summed E-state index contributed by atoms with van der Waals surface area (Å²) in [4.78, 5) is 21.2. The molecule has 4 heteroatoms. The van der Waals surface area contributed by atoms with Crippen LogP contribution in [0.5, 0.6) is 0 Å². The van der Waals surface area contributed by atoms with E-state index < -0.39 is 0 Å². The van der Waals surface area contributed by atoms with Crippen LogP contribution in [0.3, 0.4) is 0 Å². The number of carbonyl (C=O) groups excluding carboxylic acids is 1. The van der Waals surface area contributed by atoms with Gasteiger partial charge in [0.05, 0.1) is 6.04 Å². The highest BCUT2D eigenvalue weighted by molar-refractivity contribution is 5.80. The van der Waals surface area contributed by atoms with Crippen LogP contribution in [-0.2, 0) is 11.2 Å². The van der Waals surface area contributed by atoms with E-state index in [1.165, 1.54) is 16.7 Å². The summed E-state index contributed by atoms with van der Waals surface area (Å²) >= 11 is 0. The fourth-order valence-electron chi connectivity index (χ4n) is 3.65. The van der Waals surface area contributed by atoms with Crippen molar-refractivity contribution in [3.8, 4) is 0 Å². The molecule has 0 saturated heterocycles. The molecule has 0 atom stereocenters. The van der Waals surface area contributed by atoms with Crippen molar-refractivity contribution in [2.75, 3.05) is 0 Å². The van der Waals surface area contributed by atoms with Crippen LogP contribution in [0.1, 0.15) is 47.6 Å². The van der Waals surface area contributed by atoms with E-state index >= 15 is 0 Å². The number of rotatable bonds is 6. The highest BCUT2D eigenvalue weighted by atomic mass is 16.1. The average molecular weight is 368 g/mol. The molecule has 0 saturated carbocycles. The van der Waals surface area contributed by atoms with Gasteiger partial charge in [0.1, 0.15) is 0 Å². The minimum atomic E-state index is -0.254.